The van der Waals surface area contributed by atoms with Gasteiger partial charge in [0.25, 0.3) is 5.56 Å². The number of aromatic nitrogens is 4. The van der Waals surface area contributed by atoms with Crippen LogP contribution in [0.3, 0.4) is 0 Å². The summed E-state index contributed by atoms with van der Waals surface area (Å²) in [6, 6.07) is 4.80. The molecule has 1 aromatic carbocycles. The van der Waals surface area contributed by atoms with E-state index in [1.54, 1.807) is 0 Å². The predicted molar refractivity (Wildman–Crippen MR) is 101 cm³/mol. The third-order valence-electron chi connectivity index (χ3n) is 4.56. The number of alkyl halides is 3. The predicted octanol–water partition coefficient (Wildman–Crippen LogP) is 1.30. The molecule has 0 bridgehead atoms. The molecule has 11 heteroatoms. The van der Waals surface area contributed by atoms with Crippen molar-refractivity contribution in [2.45, 2.75) is 19.1 Å². The van der Waals surface area contributed by atoms with E-state index in [0.717, 1.165) is 16.7 Å². The molecule has 29 heavy (non-hydrogen) atoms. The maximum absolute atomic E-state index is 13.1. The number of nitrogens with zero attached hydrogens (tertiary/aromatic N) is 4. The molecule has 0 aliphatic heterocycles. The SMILES string of the molecule is Cn1c(=O)c2c(nc(NCCCO)n2Cc2cccc(C(F)(F)F)c2)n(C)c1=O. The minimum absolute atomic E-state index is 0.0602. The Morgan fingerprint density at radius 2 is 1.90 bits per heavy atom. The molecular weight excluding hydrogens is 391 g/mol. The Balaban J connectivity index is 2.18. The molecule has 0 atom stereocenters. The quantitative estimate of drug-likeness (QED) is 0.597. The first kappa shape index (κ1) is 20.6. The second kappa shape index (κ2) is 7.74. The summed E-state index contributed by atoms with van der Waals surface area (Å²) in [7, 11) is 2.79. The van der Waals surface area contributed by atoms with Crippen molar-refractivity contribution in [1.29, 1.82) is 0 Å². The molecule has 3 aromatic rings. The van der Waals surface area contributed by atoms with Crippen LogP contribution in [0.25, 0.3) is 11.2 Å². The number of imidazole rings is 1. The molecular formula is C18H20F3N5O3. The zero-order chi connectivity index (χ0) is 21.3. The number of anilines is 1. The zero-order valence-corrected chi connectivity index (χ0v) is 15.8. The summed E-state index contributed by atoms with van der Waals surface area (Å²) < 4.78 is 42.7. The van der Waals surface area contributed by atoms with E-state index in [0.29, 0.717) is 18.5 Å². The number of rotatable bonds is 6. The fourth-order valence-electron chi connectivity index (χ4n) is 3.04. The lowest BCUT2D eigenvalue weighted by Crippen LogP contribution is -2.37. The summed E-state index contributed by atoms with van der Waals surface area (Å²) in [6.07, 6.45) is -4.08. The normalized spacial score (nSPS) is 11.9. The van der Waals surface area contributed by atoms with Gasteiger partial charge in [0.2, 0.25) is 5.95 Å². The maximum Gasteiger partial charge on any atom is 0.416 e. The van der Waals surface area contributed by atoms with Gasteiger partial charge in [0.05, 0.1) is 12.1 Å². The number of aliphatic hydroxyl groups excluding tert-OH is 1. The van der Waals surface area contributed by atoms with E-state index in [4.69, 9.17) is 5.11 Å². The van der Waals surface area contributed by atoms with Crippen LogP contribution in [0.4, 0.5) is 19.1 Å². The molecule has 2 heterocycles. The molecule has 0 saturated heterocycles. The Labute approximate surface area is 162 Å². The first-order valence-electron chi connectivity index (χ1n) is 8.82. The van der Waals surface area contributed by atoms with Crippen molar-refractivity contribution in [3.63, 3.8) is 0 Å². The molecule has 0 unspecified atom stereocenters. The largest absolute Gasteiger partial charge is 0.416 e. The number of fused-ring (bicyclic) bond motifs is 1. The number of benzene rings is 1. The number of aryl methyl sites for hydroxylation is 1. The Kier molecular flexibility index (Phi) is 5.51. The van der Waals surface area contributed by atoms with E-state index < -0.39 is 23.0 Å². The molecule has 0 amide bonds. The number of nitrogens with one attached hydrogen (secondary N) is 1. The molecule has 0 spiro atoms. The van der Waals surface area contributed by atoms with E-state index >= 15 is 0 Å². The maximum atomic E-state index is 13.1. The average Bonchev–Trinajstić information content (AvgIpc) is 3.03. The Bertz CT molecular complexity index is 1160. The van der Waals surface area contributed by atoms with Crippen molar-refractivity contribution in [2.24, 2.45) is 14.1 Å². The van der Waals surface area contributed by atoms with Crippen LogP contribution < -0.4 is 16.6 Å². The van der Waals surface area contributed by atoms with Crippen LogP contribution in [0.2, 0.25) is 0 Å². The lowest BCUT2D eigenvalue weighted by molar-refractivity contribution is -0.137. The summed E-state index contributed by atoms with van der Waals surface area (Å²) in [4.78, 5) is 29.2. The van der Waals surface area contributed by atoms with Crippen molar-refractivity contribution in [3.05, 3.63) is 56.2 Å². The highest BCUT2D eigenvalue weighted by atomic mass is 19.4. The summed E-state index contributed by atoms with van der Waals surface area (Å²) in [5.74, 6) is 0.226. The van der Waals surface area contributed by atoms with Gasteiger partial charge >= 0.3 is 11.9 Å². The van der Waals surface area contributed by atoms with Crippen molar-refractivity contribution in [1.82, 2.24) is 18.7 Å². The smallest absolute Gasteiger partial charge is 0.396 e. The van der Waals surface area contributed by atoms with Crippen molar-refractivity contribution >= 4 is 17.1 Å². The molecule has 156 valence electrons. The van der Waals surface area contributed by atoms with Crippen molar-refractivity contribution in [3.8, 4) is 0 Å². The number of hydrogen-bond donors (Lipinski definition) is 2. The van der Waals surface area contributed by atoms with E-state index in [1.807, 2.05) is 0 Å². The fraction of sp³-hybridized carbons (Fsp3) is 0.389. The van der Waals surface area contributed by atoms with Crippen LogP contribution in [0.1, 0.15) is 17.5 Å². The molecule has 2 aromatic heterocycles. The highest BCUT2D eigenvalue weighted by molar-refractivity contribution is 5.74. The van der Waals surface area contributed by atoms with Crippen molar-refractivity contribution < 1.29 is 18.3 Å². The minimum Gasteiger partial charge on any atom is -0.396 e. The summed E-state index contributed by atoms with van der Waals surface area (Å²) in [5.41, 5.74) is -1.42. The van der Waals surface area contributed by atoms with Gasteiger partial charge in [-0.25, -0.2) is 4.79 Å². The van der Waals surface area contributed by atoms with Gasteiger partial charge < -0.3 is 10.4 Å². The fourth-order valence-corrected chi connectivity index (χ4v) is 3.04. The standard InChI is InChI=1S/C18H20F3N5O3/c1-24-14-13(15(28)25(2)17(24)29)26(16(23-14)22-7-4-8-27)10-11-5-3-6-12(9-11)18(19,20)21/h3,5-6,9,27H,4,7-8,10H2,1-2H3,(H,22,23). The van der Waals surface area contributed by atoms with Crippen molar-refractivity contribution in [2.75, 3.05) is 18.5 Å². The van der Waals surface area contributed by atoms with Crippen LogP contribution in [-0.2, 0) is 26.8 Å². The second-order valence-corrected chi connectivity index (χ2v) is 6.60. The summed E-state index contributed by atoms with van der Waals surface area (Å²) in [5, 5.41) is 12.0. The molecule has 0 aliphatic rings. The topological polar surface area (TPSA) is 94.1 Å². The molecule has 0 saturated carbocycles. The third-order valence-corrected chi connectivity index (χ3v) is 4.56. The lowest BCUT2D eigenvalue weighted by Gasteiger charge is -2.13. The Morgan fingerprint density at radius 1 is 1.17 bits per heavy atom. The van der Waals surface area contributed by atoms with E-state index in [2.05, 4.69) is 10.3 Å². The molecule has 0 radical (unpaired) electrons. The van der Waals surface area contributed by atoms with E-state index in [1.165, 1.54) is 35.4 Å². The molecule has 2 N–H and O–H groups in total. The van der Waals surface area contributed by atoms with Crippen LogP contribution in [-0.4, -0.2) is 36.9 Å². The van der Waals surface area contributed by atoms with Gasteiger partial charge in [0.1, 0.15) is 0 Å². The average molecular weight is 411 g/mol. The first-order valence-corrected chi connectivity index (χ1v) is 8.82. The van der Waals surface area contributed by atoms with Crippen LogP contribution in [0, 0.1) is 0 Å². The first-order chi connectivity index (χ1) is 13.6. The van der Waals surface area contributed by atoms with Gasteiger partial charge in [0.15, 0.2) is 11.2 Å². The second-order valence-electron chi connectivity index (χ2n) is 6.60. The van der Waals surface area contributed by atoms with Gasteiger partial charge in [-0.1, -0.05) is 12.1 Å². The third kappa shape index (κ3) is 3.90. The molecule has 3 rings (SSSR count). The highest BCUT2D eigenvalue weighted by Crippen LogP contribution is 2.30. The van der Waals surface area contributed by atoms with Gasteiger partial charge in [0, 0.05) is 27.2 Å². The molecule has 0 fully saturated rings. The van der Waals surface area contributed by atoms with Gasteiger partial charge in [-0.2, -0.15) is 18.2 Å². The van der Waals surface area contributed by atoms with Crippen LogP contribution >= 0.6 is 0 Å². The number of aliphatic hydroxyl groups is 1. The molecule has 8 nitrogen and oxygen atoms in total. The number of hydrogen-bond acceptors (Lipinski definition) is 5. The number of halogens is 3. The van der Waals surface area contributed by atoms with Gasteiger partial charge in [-0.05, 0) is 24.1 Å². The van der Waals surface area contributed by atoms with E-state index in [-0.39, 0.29) is 30.3 Å². The van der Waals surface area contributed by atoms with Crippen LogP contribution in [0.5, 0.6) is 0 Å². The Hall–Kier alpha value is -3.08. The highest BCUT2D eigenvalue weighted by Gasteiger charge is 2.30. The zero-order valence-electron chi connectivity index (χ0n) is 15.8. The minimum atomic E-state index is -4.49. The van der Waals surface area contributed by atoms with Crippen LogP contribution in [0.15, 0.2) is 33.9 Å². The lowest BCUT2D eigenvalue weighted by atomic mass is 10.1. The summed E-state index contributed by atoms with van der Waals surface area (Å²) in [6.45, 7) is 0.201. The van der Waals surface area contributed by atoms with Gasteiger partial charge in [-0.15, -0.1) is 0 Å². The van der Waals surface area contributed by atoms with E-state index in [9.17, 15) is 22.8 Å². The van der Waals surface area contributed by atoms with Gasteiger partial charge in [-0.3, -0.25) is 18.5 Å². The summed E-state index contributed by atoms with van der Waals surface area (Å²) >= 11 is 0. The monoisotopic (exact) mass is 411 g/mol. The Morgan fingerprint density at radius 3 is 2.55 bits per heavy atom. The molecule has 0 aliphatic carbocycles.